The van der Waals surface area contributed by atoms with Crippen LogP contribution in [0.4, 0.5) is 0 Å². The maximum absolute atomic E-state index is 9.97. The molecule has 0 spiro atoms. The van der Waals surface area contributed by atoms with E-state index in [1.54, 1.807) is 45.6 Å². The third-order valence-electron chi connectivity index (χ3n) is 2.87. The van der Waals surface area contributed by atoms with E-state index in [0.29, 0.717) is 22.8 Å². The minimum Gasteiger partial charge on any atom is -0.507 e. The van der Waals surface area contributed by atoms with Gasteiger partial charge in [-0.2, -0.15) is 0 Å². The van der Waals surface area contributed by atoms with Crippen LogP contribution in [0.3, 0.4) is 0 Å². The average Bonchev–Trinajstić information content (AvgIpc) is 2.47. The summed E-state index contributed by atoms with van der Waals surface area (Å²) in [5, 5.41) is 9.97. The number of methoxy groups -OCH3 is 3. The van der Waals surface area contributed by atoms with Gasteiger partial charge < -0.3 is 19.3 Å². The van der Waals surface area contributed by atoms with Gasteiger partial charge in [-0.1, -0.05) is 0 Å². The SMILES string of the molecule is COc1cc(OC)cc(-c2cc(OC)ccc2O)c1. The third-order valence-corrected chi connectivity index (χ3v) is 2.87. The molecular formula is C15H16O4. The summed E-state index contributed by atoms with van der Waals surface area (Å²) in [4.78, 5) is 0. The summed E-state index contributed by atoms with van der Waals surface area (Å²) in [7, 11) is 4.76. The molecule has 0 saturated heterocycles. The first-order valence-corrected chi connectivity index (χ1v) is 5.78. The molecule has 4 heteroatoms. The first-order chi connectivity index (χ1) is 9.17. The van der Waals surface area contributed by atoms with Gasteiger partial charge >= 0.3 is 0 Å². The highest BCUT2D eigenvalue weighted by Gasteiger charge is 2.09. The Hall–Kier alpha value is -2.36. The van der Waals surface area contributed by atoms with Gasteiger partial charge in [0.25, 0.3) is 0 Å². The summed E-state index contributed by atoms with van der Waals surface area (Å²) >= 11 is 0. The molecular weight excluding hydrogens is 244 g/mol. The van der Waals surface area contributed by atoms with Crippen molar-refractivity contribution in [1.29, 1.82) is 0 Å². The number of hydrogen-bond donors (Lipinski definition) is 1. The van der Waals surface area contributed by atoms with Crippen LogP contribution in [0.2, 0.25) is 0 Å². The molecule has 2 rings (SSSR count). The van der Waals surface area contributed by atoms with Gasteiger partial charge in [0, 0.05) is 11.6 Å². The van der Waals surface area contributed by atoms with Crippen molar-refractivity contribution in [2.24, 2.45) is 0 Å². The molecule has 0 atom stereocenters. The fourth-order valence-corrected chi connectivity index (χ4v) is 1.84. The van der Waals surface area contributed by atoms with Crippen molar-refractivity contribution in [3.05, 3.63) is 36.4 Å². The van der Waals surface area contributed by atoms with Crippen LogP contribution in [-0.4, -0.2) is 26.4 Å². The summed E-state index contributed by atoms with van der Waals surface area (Å²) in [6, 6.07) is 10.5. The zero-order valence-corrected chi connectivity index (χ0v) is 11.1. The molecule has 0 aliphatic carbocycles. The molecule has 0 saturated carbocycles. The van der Waals surface area contributed by atoms with Crippen molar-refractivity contribution in [3.8, 4) is 34.1 Å². The van der Waals surface area contributed by atoms with Crippen molar-refractivity contribution in [3.63, 3.8) is 0 Å². The van der Waals surface area contributed by atoms with Gasteiger partial charge in [0.05, 0.1) is 21.3 Å². The van der Waals surface area contributed by atoms with Gasteiger partial charge in [-0.05, 0) is 35.9 Å². The number of hydrogen-bond acceptors (Lipinski definition) is 4. The van der Waals surface area contributed by atoms with Crippen LogP contribution in [0.25, 0.3) is 11.1 Å². The van der Waals surface area contributed by atoms with Gasteiger partial charge in [-0.15, -0.1) is 0 Å². The van der Waals surface area contributed by atoms with Crippen LogP contribution in [0, 0.1) is 0 Å². The predicted molar refractivity (Wildman–Crippen MR) is 73.2 cm³/mol. The molecule has 19 heavy (non-hydrogen) atoms. The summed E-state index contributed by atoms with van der Waals surface area (Å²) in [6.45, 7) is 0. The molecule has 0 aliphatic rings. The molecule has 2 aromatic carbocycles. The largest absolute Gasteiger partial charge is 0.507 e. The Labute approximate surface area is 112 Å². The Morgan fingerprint density at radius 2 is 1.32 bits per heavy atom. The molecule has 4 nitrogen and oxygen atoms in total. The zero-order chi connectivity index (χ0) is 13.8. The van der Waals surface area contributed by atoms with E-state index < -0.39 is 0 Å². The maximum Gasteiger partial charge on any atom is 0.123 e. The lowest BCUT2D eigenvalue weighted by molar-refractivity contribution is 0.394. The molecule has 2 aromatic rings. The van der Waals surface area contributed by atoms with Crippen LogP contribution in [0.15, 0.2) is 36.4 Å². The third kappa shape index (κ3) is 2.73. The summed E-state index contributed by atoms with van der Waals surface area (Å²) in [5.41, 5.74) is 1.46. The highest BCUT2D eigenvalue weighted by molar-refractivity contribution is 5.74. The van der Waals surface area contributed by atoms with Gasteiger partial charge in [0.15, 0.2) is 0 Å². The Kier molecular flexibility index (Phi) is 3.80. The van der Waals surface area contributed by atoms with Gasteiger partial charge in [-0.3, -0.25) is 0 Å². The van der Waals surface area contributed by atoms with Gasteiger partial charge in [0.2, 0.25) is 0 Å². The Morgan fingerprint density at radius 1 is 0.737 bits per heavy atom. The molecule has 0 bridgehead atoms. The Morgan fingerprint density at radius 3 is 1.84 bits per heavy atom. The second-order valence-corrected chi connectivity index (χ2v) is 3.98. The smallest absolute Gasteiger partial charge is 0.123 e. The summed E-state index contributed by atoms with van der Waals surface area (Å²) < 4.78 is 15.6. The molecule has 0 heterocycles. The van der Waals surface area contributed by atoms with Crippen molar-refractivity contribution in [1.82, 2.24) is 0 Å². The highest BCUT2D eigenvalue weighted by Crippen LogP contribution is 2.36. The van der Waals surface area contributed by atoms with Crippen molar-refractivity contribution in [2.75, 3.05) is 21.3 Å². The van der Waals surface area contributed by atoms with Crippen LogP contribution >= 0.6 is 0 Å². The first-order valence-electron chi connectivity index (χ1n) is 5.78. The number of aromatic hydroxyl groups is 1. The standard InChI is InChI=1S/C15H16O4/c1-17-11-4-5-15(16)14(9-11)10-6-12(18-2)8-13(7-10)19-3/h4-9,16H,1-3H3. The first kappa shape index (κ1) is 13.1. The minimum atomic E-state index is 0.177. The number of rotatable bonds is 4. The lowest BCUT2D eigenvalue weighted by Crippen LogP contribution is -1.90. The van der Waals surface area contributed by atoms with Gasteiger partial charge in [-0.25, -0.2) is 0 Å². The normalized spacial score (nSPS) is 10.1. The zero-order valence-electron chi connectivity index (χ0n) is 11.1. The Balaban J connectivity index is 2.57. The van der Waals surface area contributed by atoms with E-state index in [1.807, 2.05) is 12.1 Å². The highest BCUT2D eigenvalue weighted by atomic mass is 16.5. The second-order valence-electron chi connectivity index (χ2n) is 3.98. The molecule has 0 fully saturated rings. The van der Waals surface area contributed by atoms with Crippen LogP contribution in [0.5, 0.6) is 23.0 Å². The number of phenolic OH excluding ortho intramolecular Hbond substituents is 1. The van der Waals surface area contributed by atoms with Gasteiger partial charge in [0.1, 0.15) is 23.0 Å². The van der Waals surface area contributed by atoms with E-state index >= 15 is 0 Å². The Bertz CT molecular complexity index is 556. The topological polar surface area (TPSA) is 47.9 Å². The lowest BCUT2D eigenvalue weighted by Gasteiger charge is -2.11. The lowest BCUT2D eigenvalue weighted by atomic mass is 10.0. The van der Waals surface area contributed by atoms with E-state index in [1.165, 1.54) is 0 Å². The summed E-state index contributed by atoms with van der Waals surface area (Å²) in [5.74, 6) is 2.18. The average molecular weight is 260 g/mol. The van der Waals surface area contributed by atoms with Crippen LogP contribution in [0.1, 0.15) is 0 Å². The molecule has 0 radical (unpaired) electrons. The van der Waals surface area contributed by atoms with Crippen molar-refractivity contribution < 1.29 is 19.3 Å². The second kappa shape index (κ2) is 5.52. The number of phenols is 1. The van der Waals surface area contributed by atoms with E-state index in [4.69, 9.17) is 14.2 Å². The van der Waals surface area contributed by atoms with E-state index in [2.05, 4.69) is 0 Å². The number of benzene rings is 2. The molecule has 0 unspecified atom stereocenters. The summed E-state index contributed by atoms with van der Waals surface area (Å²) in [6.07, 6.45) is 0. The number of ether oxygens (including phenoxy) is 3. The predicted octanol–water partition coefficient (Wildman–Crippen LogP) is 3.09. The molecule has 1 N–H and O–H groups in total. The van der Waals surface area contributed by atoms with E-state index in [-0.39, 0.29) is 5.75 Å². The van der Waals surface area contributed by atoms with E-state index in [0.717, 1.165) is 5.56 Å². The molecule has 100 valence electrons. The maximum atomic E-state index is 9.97. The van der Waals surface area contributed by atoms with Crippen LogP contribution < -0.4 is 14.2 Å². The molecule has 0 aliphatic heterocycles. The van der Waals surface area contributed by atoms with Crippen molar-refractivity contribution >= 4 is 0 Å². The fourth-order valence-electron chi connectivity index (χ4n) is 1.84. The quantitative estimate of drug-likeness (QED) is 0.917. The van der Waals surface area contributed by atoms with E-state index in [9.17, 15) is 5.11 Å². The molecule has 0 amide bonds. The fraction of sp³-hybridized carbons (Fsp3) is 0.200. The van der Waals surface area contributed by atoms with Crippen LogP contribution in [-0.2, 0) is 0 Å². The molecule has 0 aromatic heterocycles. The minimum absolute atomic E-state index is 0.177. The monoisotopic (exact) mass is 260 g/mol. The van der Waals surface area contributed by atoms with Crippen molar-refractivity contribution in [2.45, 2.75) is 0 Å².